The molecular weight excluding hydrogens is 763 g/mol. The molecule has 154 valence electrons. The van der Waals surface area contributed by atoms with Crippen LogP contribution in [-0.2, 0) is 4.79 Å². The van der Waals surface area contributed by atoms with Gasteiger partial charge in [-0.25, -0.2) is 0 Å². The number of ketones is 1. The minimum absolute atomic E-state index is 0.00778. The van der Waals surface area contributed by atoms with E-state index in [0.29, 0.717) is 0 Å². The van der Waals surface area contributed by atoms with Gasteiger partial charge < -0.3 is 0 Å². The van der Waals surface area contributed by atoms with Crippen LogP contribution in [0.5, 0.6) is 5.75 Å². The van der Waals surface area contributed by atoms with Crippen molar-refractivity contribution < 1.29 is 9.90 Å². The molecular formula is C23H14BrI2NO2SeSi. The molecule has 3 nitrogen and oxygen atoms in total. The zero-order chi connectivity index (χ0) is 21.9. The van der Waals surface area contributed by atoms with Crippen LogP contribution in [0.25, 0.3) is 10.0 Å². The second-order valence-electron chi connectivity index (χ2n) is 7.47. The maximum atomic E-state index is 12.4. The van der Waals surface area contributed by atoms with Crippen LogP contribution in [-0.4, -0.2) is 39.2 Å². The van der Waals surface area contributed by atoms with E-state index in [4.69, 9.17) is 4.99 Å². The molecule has 0 spiro atoms. The van der Waals surface area contributed by atoms with Gasteiger partial charge in [0.05, 0.1) is 0 Å². The van der Waals surface area contributed by atoms with E-state index in [1.54, 1.807) is 18.2 Å². The second-order valence-corrected chi connectivity index (χ2v) is 17.6. The standard InChI is InChI=1S/C23H14BrI2NO2SeSi/c1-31(13-5-3-2-4-6-13)17-11-12(28)7-8-14(17)27-15-9-10-16(29)18(22(15)31)21-19(25)20(26)23(24)30-21/h2-11,29H,1H3. The third-order valence-electron chi connectivity index (χ3n) is 5.74. The van der Waals surface area contributed by atoms with Gasteiger partial charge in [0.2, 0.25) is 0 Å². The second kappa shape index (κ2) is 8.21. The first-order valence-electron chi connectivity index (χ1n) is 9.41. The molecule has 1 aromatic heterocycles. The molecule has 8 heteroatoms. The quantitative estimate of drug-likeness (QED) is 0.227. The van der Waals surface area contributed by atoms with Gasteiger partial charge in [0, 0.05) is 0 Å². The zero-order valence-electron chi connectivity index (χ0n) is 16.1. The molecule has 0 fully saturated rings. The predicted molar refractivity (Wildman–Crippen MR) is 150 cm³/mol. The maximum absolute atomic E-state index is 12.4. The van der Waals surface area contributed by atoms with E-state index in [9.17, 15) is 9.90 Å². The Balaban J connectivity index is 1.94. The Morgan fingerprint density at radius 3 is 2.48 bits per heavy atom. The van der Waals surface area contributed by atoms with Crippen molar-refractivity contribution in [1.29, 1.82) is 0 Å². The van der Waals surface area contributed by atoms with Crippen LogP contribution in [0.2, 0.25) is 6.55 Å². The van der Waals surface area contributed by atoms with Gasteiger partial charge in [-0.2, -0.15) is 0 Å². The molecule has 3 aromatic rings. The Hall–Kier alpha value is -0.784. The predicted octanol–water partition coefficient (Wildman–Crippen LogP) is 4.97. The van der Waals surface area contributed by atoms with Crippen molar-refractivity contribution >= 4 is 111 Å². The first-order chi connectivity index (χ1) is 14.8. The van der Waals surface area contributed by atoms with E-state index in [-0.39, 0.29) is 26.0 Å². The Kier molecular flexibility index (Phi) is 5.84. The van der Waals surface area contributed by atoms with Crippen molar-refractivity contribution in [2.75, 3.05) is 0 Å². The number of allylic oxidation sites excluding steroid dienone is 4. The molecule has 0 saturated heterocycles. The fraction of sp³-hybridized carbons (Fsp3) is 0.0435. The van der Waals surface area contributed by atoms with Crippen molar-refractivity contribution in [3.8, 4) is 15.8 Å². The zero-order valence-corrected chi connectivity index (χ0v) is 24.7. The fourth-order valence-corrected chi connectivity index (χ4v) is 14.7. The fourth-order valence-electron chi connectivity index (χ4n) is 4.28. The summed E-state index contributed by atoms with van der Waals surface area (Å²) in [6.07, 6.45) is 5.18. The van der Waals surface area contributed by atoms with Crippen molar-refractivity contribution in [3.63, 3.8) is 0 Å². The number of aliphatic imine (C=N–C) groups is 1. The van der Waals surface area contributed by atoms with E-state index in [1.165, 1.54) is 20.1 Å². The molecule has 0 amide bonds. The SMILES string of the molecule is C[Si]1(c2ccccc2)C2=CC(=O)C=CC2=Nc2ccc(O)c(-c3[se]c(Br)c(I)c3I)c21. The number of benzene rings is 2. The van der Waals surface area contributed by atoms with E-state index >= 15 is 0 Å². The molecule has 0 radical (unpaired) electrons. The molecule has 0 saturated carbocycles. The number of nitrogens with zero attached hydrogens (tertiary/aromatic N) is 1. The van der Waals surface area contributed by atoms with Gasteiger partial charge in [-0.05, 0) is 0 Å². The first-order valence-corrected chi connectivity index (χ1v) is 16.6. The minimum atomic E-state index is -2.62. The van der Waals surface area contributed by atoms with Crippen molar-refractivity contribution in [2.45, 2.75) is 6.55 Å². The number of rotatable bonds is 2. The number of carbonyl (C=O) groups excluding carboxylic acids is 1. The van der Waals surface area contributed by atoms with Gasteiger partial charge in [-0.1, -0.05) is 0 Å². The average Bonchev–Trinajstić information content (AvgIpc) is 3.02. The summed E-state index contributed by atoms with van der Waals surface area (Å²) < 4.78 is 4.73. The van der Waals surface area contributed by atoms with Crippen LogP contribution in [0.3, 0.4) is 0 Å². The van der Waals surface area contributed by atoms with Gasteiger partial charge in [0.25, 0.3) is 0 Å². The van der Waals surface area contributed by atoms with Gasteiger partial charge in [0.1, 0.15) is 0 Å². The van der Waals surface area contributed by atoms with Crippen LogP contribution in [0.1, 0.15) is 0 Å². The molecule has 0 bridgehead atoms. The molecule has 1 unspecified atom stereocenters. The van der Waals surface area contributed by atoms with Crippen LogP contribution in [0.15, 0.2) is 74.2 Å². The Morgan fingerprint density at radius 2 is 1.81 bits per heavy atom. The van der Waals surface area contributed by atoms with Crippen LogP contribution in [0.4, 0.5) is 5.69 Å². The van der Waals surface area contributed by atoms with Crippen LogP contribution < -0.4 is 10.4 Å². The number of phenols is 1. The van der Waals surface area contributed by atoms with Crippen LogP contribution in [0, 0.1) is 7.14 Å². The molecule has 5 rings (SSSR count). The van der Waals surface area contributed by atoms with Gasteiger partial charge in [-0.15, -0.1) is 0 Å². The van der Waals surface area contributed by atoms with Crippen LogP contribution >= 0.6 is 61.1 Å². The number of fused-ring (bicyclic) bond motifs is 2. The van der Waals surface area contributed by atoms with Gasteiger partial charge in [0.15, 0.2) is 0 Å². The third-order valence-corrected chi connectivity index (χ3v) is 19.1. The number of phenolic OH excluding ortho intramolecular Hbond substituents is 1. The topological polar surface area (TPSA) is 49.7 Å². The molecule has 1 aliphatic carbocycles. The number of halogens is 3. The van der Waals surface area contributed by atoms with Gasteiger partial charge >= 0.3 is 225 Å². The molecule has 1 aliphatic heterocycles. The molecule has 2 aromatic carbocycles. The Labute approximate surface area is 222 Å². The molecule has 2 aliphatic rings. The number of carbonyl (C=O) groups is 1. The van der Waals surface area contributed by atoms with Crippen molar-refractivity contribution in [2.24, 2.45) is 4.99 Å². The summed E-state index contributed by atoms with van der Waals surface area (Å²) in [6.45, 7) is 2.28. The van der Waals surface area contributed by atoms with E-state index < -0.39 is 8.07 Å². The molecule has 31 heavy (non-hydrogen) atoms. The third kappa shape index (κ3) is 3.45. The summed E-state index contributed by atoms with van der Waals surface area (Å²) in [4.78, 5) is 17.4. The summed E-state index contributed by atoms with van der Waals surface area (Å²) >= 11 is 8.54. The van der Waals surface area contributed by atoms with E-state index in [0.717, 1.165) is 27.3 Å². The van der Waals surface area contributed by atoms with Crippen molar-refractivity contribution in [1.82, 2.24) is 0 Å². The number of aromatic hydroxyl groups is 1. The normalized spacial score (nSPS) is 19.5. The van der Waals surface area contributed by atoms with E-state index in [1.807, 2.05) is 30.3 Å². The first kappa shape index (κ1) is 22.0. The van der Waals surface area contributed by atoms with E-state index in [2.05, 4.69) is 79.8 Å². The average molecular weight is 777 g/mol. The summed E-state index contributed by atoms with van der Waals surface area (Å²) in [5.74, 6) is 0.273. The molecule has 1 N–H and O–H groups in total. The monoisotopic (exact) mass is 777 g/mol. The summed E-state index contributed by atoms with van der Waals surface area (Å²) in [7, 11) is -2.62. The van der Waals surface area contributed by atoms with Crippen molar-refractivity contribution in [3.05, 3.63) is 76.4 Å². The molecule has 2 heterocycles. The summed E-state index contributed by atoms with van der Waals surface area (Å²) in [5, 5.41) is 14.5. The van der Waals surface area contributed by atoms with Gasteiger partial charge in [-0.3, -0.25) is 0 Å². The summed E-state index contributed by atoms with van der Waals surface area (Å²) in [5.41, 5.74) is 2.65. The summed E-state index contributed by atoms with van der Waals surface area (Å²) in [6, 6.07) is 14.1. The Bertz CT molecular complexity index is 1360. The molecule has 1 atom stereocenters. The number of hydrogen-bond acceptors (Lipinski definition) is 3. The Morgan fingerprint density at radius 1 is 1.06 bits per heavy atom. The number of hydrogen-bond donors (Lipinski definition) is 1.